The summed E-state index contributed by atoms with van der Waals surface area (Å²) in [6.07, 6.45) is 2.29. The Bertz CT molecular complexity index is 869. The van der Waals surface area contributed by atoms with Gasteiger partial charge in [0.25, 0.3) is 0 Å². The number of H-pyrrole nitrogens is 1. The van der Waals surface area contributed by atoms with E-state index in [2.05, 4.69) is 9.97 Å². The number of rotatable bonds is 3. The third-order valence-electron chi connectivity index (χ3n) is 4.76. The lowest BCUT2D eigenvalue weighted by atomic mass is 10.1. The maximum atomic E-state index is 13.4. The van der Waals surface area contributed by atoms with E-state index in [1.54, 1.807) is 11.2 Å². The summed E-state index contributed by atoms with van der Waals surface area (Å²) >= 11 is 0. The van der Waals surface area contributed by atoms with Crippen LogP contribution in [0.2, 0.25) is 0 Å². The van der Waals surface area contributed by atoms with Crippen molar-refractivity contribution < 1.29 is 18.4 Å². The van der Waals surface area contributed by atoms with Gasteiger partial charge in [-0.1, -0.05) is 0 Å². The Morgan fingerprint density at radius 2 is 2.04 bits per heavy atom. The van der Waals surface area contributed by atoms with Gasteiger partial charge in [-0.2, -0.15) is 0 Å². The van der Waals surface area contributed by atoms with E-state index in [1.807, 2.05) is 0 Å². The molecule has 1 saturated heterocycles. The summed E-state index contributed by atoms with van der Waals surface area (Å²) in [6.45, 7) is 1.64. The molecular weight excluding hydrogens is 344 g/mol. The molecule has 2 aliphatic heterocycles. The topological polar surface area (TPSA) is 72.5 Å². The number of carbonyl (C=O) groups is 2. The molecule has 0 saturated carbocycles. The molecule has 0 spiro atoms. The zero-order valence-electron chi connectivity index (χ0n) is 13.9. The fraction of sp³-hybridized carbons (Fsp3) is 0.353. The van der Waals surface area contributed by atoms with Gasteiger partial charge >= 0.3 is 6.03 Å². The molecule has 1 aromatic heterocycles. The Labute approximate surface area is 148 Å². The zero-order chi connectivity index (χ0) is 18.3. The van der Waals surface area contributed by atoms with Gasteiger partial charge in [-0.3, -0.25) is 9.69 Å². The number of hydrogen-bond donors (Lipinski definition) is 1. The van der Waals surface area contributed by atoms with Gasteiger partial charge in [0.15, 0.2) is 11.6 Å². The number of urea groups is 1. The van der Waals surface area contributed by atoms with Crippen LogP contribution in [-0.4, -0.2) is 57.9 Å². The predicted octanol–water partition coefficient (Wildman–Crippen LogP) is 1.51. The summed E-state index contributed by atoms with van der Waals surface area (Å²) in [6, 6.07) is 2.94. The summed E-state index contributed by atoms with van der Waals surface area (Å²) in [5.74, 6) is -2.12. The van der Waals surface area contributed by atoms with E-state index in [9.17, 15) is 18.4 Å². The number of fused-ring (bicyclic) bond motifs is 1. The second-order valence-corrected chi connectivity index (χ2v) is 6.35. The minimum absolute atomic E-state index is 0.0392. The fourth-order valence-corrected chi connectivity index (χ4v) is 3.31. The first-order valence-corrected chi connectivity index (χ1v) is 8.33. The molecule has 0 radical (unpaired) electrons. The number of anilines is 1. The number of aromatic nitrogens is 2. The molecule has 0 unspecified atom stereocenters. The first kappa shape index (κ1) is 16.5. The van der Waals surface area contributed by atoms with Crippen LogP contribution in [0.3, 0.4) is 0 Å². The molecular formula is C17H17F2N5O2. The van der Waals surface area contributed by atoms with E-state index >= 15 is 0 Å². The Hall–Kier alpha value is -2.97. The number of halogens is 2. The summed E-state index contributed by atoms with van der Waals surface area (Å²) in [4.78, 5) is 36.8. The third kappa shape index (κ3) is 2.89. The largest absolute Gasteiger partial charge is 0.347 e. The Balaban J connectivity index is 1.41. The van der Waals surface area contributed by atoms with Gasteiger partial charge in [-0.05, 0) is 12.1 Å². The molecule has 136 valence electrons. The molecule has 2 aliphatic rings. The Morgan fingerprint density at radius 1 is 1.19 bits per heavy atom. The second kappa shape index (κ2) is 6.40. The Morgan fingerprint density at radius 3 is 2.85 bits per heavy atom. The van der Waals surface area contributed by atoms with E-state index in [1.165, 1.54) is 15.9 Å². The lowest BCUT2D eigenvalue weighted by molar-refractivity contribution is -0.132. The maximum absolute atomic E-state index is 13.4. The number of aromatic amines is 1. The minimum Gasteiger partial charge on any atom is -0.347 e. The number of amides is 3. The van der Waals surface area contributed by atoms with E-state index in [0.29, 0.717) is 32.6 Å². The Kier molecular flexibility index (Phi) is 4.06. The highest BCUT2D eigenvalue weighted by Gasteiger charge is 2.33. The van der Waals surface area contributed by atoms with Crippen LogP contribution in [0.4, 0.5) is 19.3 Å². The van der Waals surface area contributed by atoms with E-state index < -0.39 is 11.6 Å². The van der Waals surface area contributed by atoms with Gasteiger partial charge in [0.05, 0.1) is 24.3 Å². The summed E-state index contributed by atoms with van der Waals surface area (Å²) < 4.78 is 26.5. The van der Waals surface area contributed by atoms with Crippen molar-refractivity contribution >= 4 is 17.6 Å². The van der Waals surface area contributed by atoms with E-state index in [0.717, 1.165) is 23.5 Å². The van der Waals surface area contributed by atoms with Crippen LogP contribution >= 0.6 is 0 Å². The van der Waals surface area contributed by atoms with Crippen LogP contribution in [0.1, 0.15) is 11.4 Å². The maximum Gasteiger partial charge on any atom is 0.325 e. The summed E-state index contributed by atoms with van der Waals surface area (Å²) in [5, 5.41) is 0. The fourth-order valence-electron chi connectivity index (χ4n) is 3.31. The molecule has 0 bridgehead atoms. The summed E-state index contributed by atoms with van der Waals surface area (Å²) in [5.41, 5.74) is 2.17. The smallest absolute Gasteiger partial charge is 0.325 e. The van der Waals surface area contributed by atoms with Crippen molar-refractivity contribution in [2.75, 3.05) is 31.1 Å². The first-order valence-electron chi connectivity index (χ1n) is 8.33. The minimum atomic E-state index is -1.01. The third-order valence-corrected chi connectivity index (χ3v) is 4.76. The molecule has 1 N–H and O–H groups in total. The molecule has 4 rings (SSSR count). The average molecular weight is 361 g/mol. The van der Waals surface area contributed by atoms with Crippen molar-refractivity contribution in [2.24, 2.45) is 0 Å². The number of nitrogens with zero attached hydrogens (tertiary/aromatic N) is 4. The zero-order valence-corrected chi connectivity index (χ0v) is 13.9. The van der Waals surface area contributed by atoms with Gasteiger partial charge in [0.2, 0.25) is 5.91 Å². The molecule has 3 heterocycles. The molecule has 1 aromatic carbocycles. The number of hydrogen-bond acceptors (Lipinski definition) is 3. The SMILES string of the molecule is O=C(CN1CCN(c2ccc(F)c(F)c2)C1=O)N1CCc2nc[nH]c2C1. The lowest BCUT2D eigenvalue weighted by Gasteiger charge is -2.28. The van der Waals surface area contributed by atoms with Crippen LogP contribution in [0, 0.1) is 11.6 Å². The number of carbonyl (C=O) groups excluding carboxylic acids is 2. The van der Waals surface area contributed by atoms with Crippen molar-refractivity contribution in [3.8, 4) is 0 Å². The average Bonchev–Trinajstić information content (AvgIpc) is 3.24. The van der Waals surface area contributed by atoms with Crippen LogP contribution in [-0.2, 0) is 17.8 Å². The normalized spacial score (nSPS) is 17.0. The van der Waals surface area contributed by atoms with Gasteiger partial charge in [0, 0.05) is 37.8 Å². The van der Waals surface area contributed by atoms with Gasteiger partial charge in [-0.15, -0.1) is 0 Å². The number of nitrogens with one attached hydrogen (secondary N) is 1. The molecule has 2 aromatic rings. The second-order valence-electron chi connectivity index (χ2n) is 6.35. The molecule has 0 atom stereocenters. The van der Waals surface area contributed by atoms with Crippen molar-refractivity contribution in [3.63, 3.8) is 0 Å². The molecule has 3 amide bonds. The summed E-state index contributed by atoms with van der Waals surface area (Å²) in [7, 11) is 0. The van der Waals surface area contributed by atoms with Crippen molar-refractivity contribution in [3.05, 3.63) is 47.5 Å². The van der Waals surface area contributed by atoms with Crippen molar-refractivity contribution in [1.29, 1.82) is 0 Å². The number of benzene rings is 1. The monoisotopic (exact) mass is 361 g/mol. The lowest BCUT2D eigenvalue weighted by Crippen LogP contribution is -2.44. The van der Waals surface area contributed by atoms with Crippen LogP contribution in [0.5, 0.6) is 0 Å². The molecule has 0 aliphatic carbocycles. The van der Waals surface area contributed by atoms with Crippen molar-refractivity contribution in [1.82, 2.24) is 19.8 Å². The standard InChI is InChI=1S/C17H17F2N5O2/c18-12-2-1-11(7-13(12)19)24-6-5-23(17(24)26)9-16(25)22-4-3-14-15(8-22)21-10-20-14/h1-2,7,10H,3-6,8-9H2,(H,20,21). The van der Waals surface area contributed by atoms with Crippen molar-refractivity contribution in [2.45, 2.75) is 13.0 Å². The highest BCUT2D eigenvalue weighted by atomic mass is 19.2. The van der Waals surface area contributed by atoms with Crippen LogP contribution in [0.15, 0.2) is 24.5 Å². The quantitative estimate of drug-likeness (QED) is 0.901. The molecule has 1 fully saturated rings. The molecule has 26 heavy (non-hydrogen) atoms. The van der Waals surface area contributed by atoms with Crippen LogP contribution < -0.4 is 4.90 Å². The number of imidazole rings is 1. The van der Waals surface area contributed by atoms with Gasteiger partial charge < -0.3 is 14.8 Å². The first-order chi connectivity index (χ1) is 12.5. The van der Waals surface area contributed by atoms with Gasteiger partial charge in [-0.25, -0.2) is 18.6 Å². The molecule has 9 heteroatoms. The molecule has 7 nitrogen and oxygen atoms in total. The van der Waals surface area contributed by atoms with E-state index in [4.69, 9.17) is 0 Å². The predicted molar refractivity (Wildman–Crippen MR) is 88.4 cm³/mol. The highest BCUT2D eigenvalue weighted by molar-refractivity contribution is 5.96. The highest BCUT2D eigenvalue weighted by Crippen LogP contribution is 2.23. The van der Waals surface area contributed by atoms with Crippen LogP contribution in [0.25, 0.3) is 0 Å². The van der Waals surface area contributed by atoms with E-state index in [-0.39, 0.29) is 24.2 Å². The van der Waals surface area contributed by atoms with Gasteiger partial charge in [0.1, 0.15) is 6.54 Å².